The van der Waals surface area contributed by atoms with Gasteiger partial charge in [-0.1, -0.05) is 29.8 Å². The first kappa shape index (κ1) is 12.1. The molecule has 0 bridgehead atoms. The summed E-state index contributed by atoms with van der Waals surface area (Å²) in [5.41, 5.74) is 0.645. The Hall–Kier alpha value is -1.33. The maximum atomic E-state index is 12.2. The van der Waals surface area contributed by atoms with Gasteiger partial charge in [0.1, 0.15) is 6.34 Å². The first-order chi connectivity index (χ1) is 8.01. The fourth-order valence-corrected chi connectivity index (χ4v) is 2.88. The topological polar surface area (TPSA) is 49.7 Å². The van der Waals surface area contributed by atoms with Gasteiger partial charge in [-0.2, -0.15) is 0 Å². The molecule has 1 aliphatic heterocycles. The minimum Gasteiger partial charge on any atom is -0.251 e. The number of halogens is 1. The van der Waals surface area contributed by atoms with Crippen molar-refractivity contribution in [3.8, 4) is 0 Å². The van der Waals surface area contributed by atoms with Crippen LogP contribution in [0.2, 0.25) is 0 Å². The normalized spacial score (nSPS) is 16.5. The summed E-state index contributed by atoms with van der Waals surface area (Å²) in [6.07, 6.45) is 1.30. The summed E-state index contributed by atoms with van der Waals surface area (Å²) in [6.45, 7) is 1.87. The highest BCUT2D eigenvalue weighted by Crippen LogP contribution is 2.21. The zero-order valence-corrected chi connectivity index (χ0v) is 10.7. The van der Waals surface area contributed by atoms with Gasteiger partial charge in [0.25, 0.3) is 10.0 Å². The predicted octanol–water partition coefficient (Wildman–Crippen LogP) is 2.19. The fraction of sp³-hybridized carbons (Fsp3) is 0.182. The standard InChI is InChI=1S/C11H11ClN2O2S/c1-9-11(12)7-14(8-13-9)17(15,16)10-5-3-2-4-6-10/h2-6,8H,7H2,1H3. The Morgan fingerprint density at radius 2 is 1.94 bits per heavy atom. The van der Waals surface area contributed by atoms with Gasteiger partial charge in [-0.15, -0.1) is 0 Å². The van der Waals surface area contributed by atoms with Gasteiger partial charge in [-0.25, -0.2) is 13.4 Å². The molecule has 0 atom stereocenters. The molecule has 4 nitrogen and oxygen atoms in total. The van der Waals surface area contributed by atoms with Crippen molar-refractivity contribution in [2.75, 3.05) is 6.54 Å². The summed E-state index contributed by atoms with van der Waals surface area (Å²) in [7, 11) is -3.55. The van der Waals surface area contributed by atoms with Crippen LogP contribution in [0.3, 0.4) is 0 Å². The molecule has 0 saturated carbocycles. The van der Waals surface area contributed by atoms with Crippen molar-refractivity contribution in [1.29, 1.82) is 0 Å². The monoisotopic (exact) mass is 270 g/mol. The SMILES string of the molecule is CC1=C(Cl)CN(S(=O)(=O)c2ccccc2)C=N1. The summed E-state index contributed by atoms with van der Waals surface area (Å²) >= 11 is 5.92. The van der Waals surface area contributed by atoms with Crippen molar-refractivity contribution in [2.45, 2.75) is 11.8 Å². The molecule has 2 rings (SSSR count). The van der Waals surface area contributed by atoms with Crippen LogP contribution in [0.4, 0.5) is 0 Å². The highest BCUT2D eigenvalue weighted by atomic mass is 35.5. The van der Waals surface area contributed by atoms with Crippen molar-refractivity contribution in [1.82, 2.24) is 4.31 Å². The average Bonchev–Trinajstić information content (AvgIpc) is 2.33. The van der Waals surface area contributed by atoms with Crippen LogP contribution in [0.25, 0.3) is 0 Å². The lowest BCUT2D eigenvalue weighted by Crippen LogP contribution is -2.33. The van der Waals surface area contributed by atoms with E-state index >= 15 is 0 Å². The van der Waals surface area contributed by atoms with Gasteiger partial charge in [-0.05, 0) is 19.1 Å². The van der Waals surface area contributed by atoms with Crippen molar-refractivity contribution < 1.29 is 8.42 Å². The Bertz CT molecular complexity index is 579. The smallest absolute Gasteiger partial charge is 0.251 e. The van der Waals surface area contributed by atoms with Crippen LogP contribution >= 0.6 is 11.6 Å². The second-order valence-corrected chi connectivity index (χ2v) is 5.94. The van der Waals surface area contributed by atoms with Crippen molar-refractivity contribution >= 4 is 28.0 Å². The minimum atomic E-state index is -3.55. The largest absolute Gasteiger partial charge is 0.265 e. The van der Waals surface area contributed by atoms with Crippen molar-refractivity contribution in [3.63, 3.8) is 0 Å². The molecular formula is C11H11ClN2O2S. The van der Waals surface area contributed by atoms with Gasteiger partial charge in [-0.3, -0.25) is 4.31 Å². The van der Waals surface area contributed by atoms with E-state index in [1.807, 2.05) is 0 Å². The van der Waals surface area contributed by atoms with Gasteiger partial charge >= 0.3 is 0 Å². The first-order valence-corrected chi connectivity index (χ1v) is 6.80. The van der Waals surface area contributed by atoms with Crippen LogP contribution < -0.4 is 0 Å². The lowest BCUT2D eigenvalue weighted by molar-refractivity contribution is 0.540. The van der Waals surface area contributed by atoms with E-state index in [4.69, 9.17) is 11.6 Å². The lowest BCUT2D eigenvalue weighted by atomic mass is 10.4. The van der Waals surface area contributed by atoms with Crippen molar-refractivity contribution in [3.05, 3.63) is 41.1 Å². The van der Waals surface area contributed by atoms with E-state index in [9.17, 15) is 8.42 Å². The number of hydrogen-bond donors (Lipinski definition) is 0. The number of rotatable bonds is 2. The highest BCUT2D eigenvalue weighted by Gasteiger charge is 2.24. The third-order valence-electron chi connectivity index (χ3n) is 2.42. The first-order valence-electron chi connectivity index (χ1n) is 4.98. The van der Waals surface area contributed by atoms with Gasteiger partial charge in [0, 0.05) is 0 Å². The molecule has 90 valence electrons. The minimum absolute atomic E-state index is 0.133. The average molecular weight is 271 g/mol. The molecule has 0 aliphatic carbocycles. The quantitative estimate of drug-likeness (QED) is 0.827. The van der Waals surface area contributed by atoms with Gasteiger partial charge in [0.05, 0.1) is 22.2 Å². The summed E-state index contributed by atoms with van der Waals surface area (Å²) in [4.78, 5) is 4.19. The molecule has 0 radical (unpaired) electrons. The number of aliphatic imine (C=N–C) groups is 1. The van der Waals surface area contributed by atoms with Crippen LogP contribution in [0.1, 0.15) is 6.92 Å². The van der Waals surface area contributed by atoms with Gasteiger partial charge in [0.2, 0.25) is 0 Å². The Balaban J connectivity index is 2.35. The molecule has 0 saturated heterocycles. The molecule has 0 fully saturated rings. The number of sulfonamides is 1. The van der Waals surface area contributed by atoms with E-state index in [2.05, 4.69) is 4.99 Å². The van der Waals surface area contributed by atoms with Gasteiger partial charge < -0.3 is 0 Å². The van der Waals surface area contributed by atoms with Crippen LogP contribution in [-0.2, 0) is 10.0 Å². The molecule has 6 heteroatoms. The molecule has 1 aromatic rings. The molecule has 1 aromatic carbocycles. The zero-order valence-electron chi connectivity index (χ0n) is 9.17. The van der Waals surface area contributed by atoms with Crippen LogP contribution in [0.5, 0.6) is 0 Å². The van der Waals surface area contributed by atoms with E-state index < -0.39 is 10.0 Å². The second-order valence-electron chi connectivity index (χ2n) is 3.60. The molecular weight excluding hydrogens is 260 g/mol. The van der Waals surface area contributed by atoms with E-state index in [0.717, 1.165) is 4.31 Å². The molecule has 0 amide bonds. The van der Waals surface area contributed by atoms with E-state index in [1.54, 1.807) is 37.3 Å². The lowest BCUT2D eigenvalue weighted by Gasteiger charge is -2.22. The van der Waals surface area contributed by atoms with Crippen LogP contribution in [0, 0.1) is 0 Å². The van der Waals surface area contributed by atoms with E-state index in [0.29, 0.717) is 10.7 Å². The van der Waals surface area contributed by atoms with Crippen LogP contribution in [-0.4, -0.2) is 25.6 Å². The van der Waals surface area contributed by atoms with E-state index in [1.165, 1.54) is 6.34 Å². The van der Waals surface area contributed by atoms with E-state index in [-0.39, 0.29) is 11.4 Å². The Kier molecular flexibility index (Phi) is 3.22. The number of allylic oxidation sites excluding steroid dienone is 1. The third-order valence-corrected chi connectivity index (χ3v) is 4.52. The Labute approximate surface area is 105 Å². The number of hydrogen-bond acceptors (Lipinski definition) is 3. The Morgan fingerprint density at radius 1 is 1.29 bits per heavy atom. The number of benzene rings is 1. The maximum Gasteiger partial charge on any atom is 0.265 e. The molecule has 1 aliphatic rings. The molecule has 0 unspecified atom stereocenters. The molecule has 0 aromatic heterocycles. The molecule has 17 heavy (non-hydrogen) atoms. The summed E-state index contributed by atoms with van der Waals surface area (Å²) in [5, 5.41) is 0.437. The second kappa shape index (κ2) is 4.50. The van der Waals surface area contributed by atoms with Crippen LogP contribution in [0.15, 0.2) is 50.9 Å². The molecule has 0 N–H and O–H groups in total. The molecule has 1 heterocycles. The van der Waals surface area contributed by atoms with Crippen molar-refractivity contribution in [2.24, 2.45) is 4.99 Å². The Morgan fingerprint density at radius 3 is 2.53 bits per heavy atom. The zero-order chi connectivity index (χ0) is 12.5. The van der Waals surface area contributed by atoms with Gasteiger partial charge in [0.15, 0.2) is 0 Å². The highest BCUT2D eigenvalue weighted by molar-refractivity contribution is 7.89. The number of nitrogens with zero attached hydrogens (tertiary/aromatic N) is 2. The third kappa shape index (κ3) is 2.35. The summed E-state index contributed by atoms with van der Waals surface area (Å²) < 4.78 is 25.5. The summed E-state index contributed by atoms with van der Waals surface area (Å²) in [6, 6.07) is 8.21. The molecule has 0 spiro atoms. The summed E-state index contributed by atoms with van der Waals surface area (Å²) in [5.74, 6) is 0. The maximum absolute atomic E-state index is 12.2. The predicted molar refractivity (Wildman–Crippen MR) is 67.4 cm³/mol. The fourth-order valence-electron chi connectivity index (χ4n) is 1.39.